The summed E-state index contributed by atoms with van der Waals surface area (Å²) in [6, 6.07) is 7.00. The standard InChI is InChI=1S/C18H21N3O6S/c1-11-10-16(20-27-11)21-28(25,26)13-8-6-12(7-9-13)19-17(22)14-4-2-3-5-15(14)18(23)24/h6-10,14-15H,2-5H2,1H3,(H,19,22)(H,20,21)(H,23,24)/p-1/t14-,15+/m0/s1. The lowest BCUT2D eigenvalue weighted by Crippen LogP contribution is -2.42. The van der Waals surface area contributed by atoms with Gasteiger partial charge in [-0.15, -0.1) is 0 Å². The molecule has 0 aliphatic heterocycles. The summed E-state index contributed by atoms with van der Waals surface area (Å²) in [6.07, 6.45) is 2.45. The van der Waals surface area contributed by atoms with E-state index in [1.807, 2.05) is 0 Å². The predicted octanol–water partition coefficient (Wildman–Crippen LogP) is 1.28. The summed E-state index contributed by atoms with van der Waals surface area (Å²) in [7, 11) is -3.86. The number of carboxylic acid groups (broad SMARTS) is 1. The van der Waals surface area contributed by atoms with Crippen LogP contribution in [0.25, 0.3) is 0 Å². The zero-order valence-electron chi connectivity index (χ0n) is 15.2. The fourth-order valence-corrected chi connectivity index (χ4v) is 4.27. The third kappa shape index (κ3) is 4.50. The van der Waals surface area contributed by atoms with Crippen molar-refractivity contribution in [3.8, 4) is 0 Å². The predicted molar refractivity (Wildman–Crippen MR) is 97.6 cm³/mol. The number of nitrogens with zero attached hydrogens (tertiary/aromatic N) is 1. The Kier molecular flexibility index (Phi) is 5.68. The van der Waals surface area contributed by atoms with Crippen LogP contribution in [-0.4, -0.2) is 25.5 Å². The number of benzene rings is 1. The molecular formula is C18H20N3O6S-. The third-order valence-corrected chi connectivity index (χ3v) is 6.08. The maximum Gasteiger partial charge on any atom is 0.263 e. The van der Waals surface area contributed by atoms with E-state index in [2.05, 4.69) is 15.2 Å². The lowest BCUT2D eigenvalue weighted by atomic mass is 9.78. The van der Waals surface area contributed by atoms with Crippen LogP contribution in [0.5, 0.6) is 0 Å². The Morgan fingerprint density at radius 3 is 2.36 bits per heavy atom. The fraction of sp³-hybridized carbons (Fsp3) is 0.389. The van der Waals surface area contributed by atoms with Gasteiger partial charge in [0.2, 0.25) is 5.91 Å². The van der Waals surface area contributed by atoms with Gasteiger partial charge in [0.15, 0.2) is 5.82 Å². The van der Waals surface area contributed by atoms with Crippen molar-refractivity contribution in [2.75, 3.05) is 10.0 Å². The second kappa shape index (κ2) is 8.01. The Morgan fingerprint density at radius 1 is 1.14 bits per heavy atom. The molecule has 1 aromatic carbocycles. The first-order valence-electron chi connectivity index (χ1n) is 8.84. The number of aryl methyl sites for hydroxylation is 1. The largest absolute Gasteiger partial charge is 0.550 e. The van der Waals surface area contributed by atoms with Crippen molar-refractivity contribution in [1.29, 1.82) is 0 Å². The highest BCUT2D eigenvalue weighted by Crippen LogP contribution is 2.31. The lowest BCUT2D eigenvalue weighted by molar-refractivity contribution is -0.313. The lowest BCUT2D eigenvalue weighted by Gasteiger charge is -2.31. The van der Waals surface area contributed by atoms with E-state index in [4.69, 9.17) is 4.52 Å². The molecule has 0 spiro atoms. The van der Waals surface area contributed by atoms with Gasteiger partial charge in [-0.25, -0.2) is 8.42 Å². The van der Waals surface area contributed by atoms with Crippen molar-refractivity contribution >= 4 is 33.4 Å². The van der Waals surface area contributed by atoms with Crippen molar-refractivity contribution in [3.05, 3.63) is 36.1 Å². The number of nitrogens with one attached hydrogen (secondary N) is 2. The number of sulfonamides is 1. The van der Waals surface area contributed by atoms with Crippen LogP contribution in [0.15, 0.2) is 39.8 Å². The van der Waals surface area contributed by atoms with E-state index in [-0.39, 0.29) is 10.7 Å². The molecule has 1 saturated carbocycles. The number of carbonyl (C=O) groups is 2. The first kappa shape index (κ1) is 19.9. The maximum atomic E-state index is 12.5. The van der Waals surface area contributed by atoms with Gasteiger partial charge in [0.1, 0.15) is 5.76 Å². The first-order valence-corrected chi connectivity index (χ1v) is 10.3. The molecule has 0 bridgehead atoms. The zero-order chi connectivity index (χ0) is 20.3. The Hall–Kier alpha value is -2.88. The molecule has 9 nitrogen and oxygen atoms in total. The molecule has 10 heteroatoms. The average molecular weight is 406 g/mol. The summed E-state index contributed by atoms with van der Waals surface area (Å²) >= 11 is 0. The summed E-state index contributed by atoms with van der Waals surface area (Å²) in [5, 5.41) is 17.5. The molecule has 0 radical (unpaired) electrons. The molecule has 1 fully saturated rings. The molecular weight excluding hydrogens is 386 g/mol. The Morgan fingerprint density at radius 2 is 1.79 bits per heavy atom. The molecule has 0 unspecified atom stereocenters. The summed E-state index contributed by atoms with van der Waals surface area (Å²) in [4.78, 5) is 23.7. The number of hydrogen-bond acceptors (Lipinski definition) is 7. The molecule has 1 aromatic heterocycles. The molecule has 3 rings (SSSR count). The van der Waals surface area contributed by atoms with Crippen molar-refractivity contribution in [2.24, 2.45) is 11.8 Å². The minimum absolute atomic E-state index is 0.0172. The molecule has 0 saturated heterocycles. The van der Waals surface area contributed by atoms with E-state index in [0.29, 0.717) is 24.3 Å². The third-order valence-electron chi connectivity index (χ3n) is 4.70. The molecule has 2 N–H and O–H groups in total. The maximum absolute atomic E-state index is 12.5. The van der Waals surface area contributed by atoms with Gasteiger partial charge in [-0.1, -0.05) is 18.0 Å². The van der Waals surface area contributed by atoms with Gasteiger partial charge in [0.25, 0.3) is 10.0 Å². The van der Waals surface area contributed by atoms with Crippen LogP contribution >= 0.6 is 0 Å². The molecule has 1 amide bonds. The van der Waals surface area contributed by atoms with Gasteiger partial charge in [0.05, 0.1) is 4.90 Å². The van der Waals surface area contributed by atoms with Crippen molar-refractivity contribution < 1.29 is 27.6 Å². The second-order valence-corrected chi connectivity index (χ2v) is 8.44. The van der Waals surface area contributed by atoms with Crippen LogP contribution in [0.4, 0.5) is 11.5 Å². The van der Waals surface area contributed by atoms with Crippen LogP contribution in [0, 0.1) is 18.8 Å². The quantitative estimate of drug-likeness (QED) is 0.736. The van der Waals surface area contributed by atoms with Crippen molar-refractivity contribution in [3.63, 3.8) is 0 Å². The SMILES string of the molecule is Cc1cc(NS(=O)(=O)c2ccc(NC(=O)[C@H]3CCCC[C@H]3C(=O)[O-])cc2)no1. The number of rotatable bonds is 6. The summed E-state index contributed by atoms with van der Waals surface area (Å²) in [5.74, 6) is -2.53. The van der Waals surface area contributed by atoms with Crippen LogP contribution in [-0.2, 0) is 19.6 Å². The molecule has 1 aliphatic rings. The number of aliphatic carboxylic acids is 1. The molecule has 1 aliphatic carbocycles. The van der Waals surface area contributed by atoms with Gasteiger partial charge in [-0.2, -0.15) is 0 Å². The molecule has 1 heterocycles. The van der Waals surface area contributed by atoms with E-state index in [0.717, 1.165) is 12.8 Å². The number of carbonyl (C=O) groups excluding carboxylic acids is 2. The van der Waals surface area contributed by atoms with E-state index < -0.39 is 33.7 Å². The topological polar surface area (TPSA) is 141 Å². The van der Waals surface area contributed by atoms with Gasteiger partial charge in [-0.05, 0) is 44.0 Å². The van der Waals surface area contributed by atoms with Crippen molar-refractivity contribution in [2.45, 2.75) is 37.5 Å². The summed E-state index contributed by atoms with van der Waals surface area (Å²) in [6.45, 7) is 1.64. The number of aromatic nitrogens is 1. The van der Waals surface area contributed by atoms with E-state index in [1.54, 1.807) is 6.92 Å². The Balaban J connectivity index is 1.68. The fourth-order valence-electron chi connectivity index (χ4n) is 3.29. The molecule has 150 valence electrons. The van der Waals surface area contributed by atoms with Crippen LogP contribution in [0.3, 0.4) is 0 Å². The van der Waals surface area contributed by atoms with Crippen molar-refractivity contribution in [1.82, 2.24) is 5.16 Å². The minimum atomic E-state index is -3.86. The monoisotopic (exact) mass is 406 g/mol. The summed E-state index contributed by atoms with van der Waals surface area (Å²) in [5.41, 5.74) is 0.379. The highest BCUT2D eigenvalue weighted by Gasteiger charge is 2.31. The van der Waals surface area contributed by atoms with Gasteiger partial charge in [-0.3, -0.25) is 9.52 Å². The number of hydrogen-bond donors (Lipinski definition) is 2. The van der Waals surface area contributed by atoms with Gasteiger partial charge >= 0.3 is 0 Å². The number of anilines is 2. The van der Waals surface area contributed by atoms with Crippen LogP contribution in [0.1, 0.15) is 31.4 Å². The smallest absolute Gasteiger partial charge is 0.263 e. The highest BCUT2D eigenvalue weighted by molar-refractivity contribution is 7.92. The zero-order valence-corrected chi connectivity index (χ0v) is 16.0. The normalized spacial score (nSPS) is 19.8. The minimum Gasteiger partial charge on any atom is -0.550 e. The average Bonchev–Trinajstić information content (AvgIpc) is 3.06. The van der Waals surface area contributed by atoms with E-state index in [9.17, 15) is 23.1 Å². The summed E-state index contributed by atoms with van der Waals surface area (Å²) < 4.78 is 31.8. The highest BCUT2D eigenvalue weighted by atomic mass is 32.2. The Labute approximate surface area is 162 Å². The van der Waals surface area contributed by atoms with Crippen LogP contribution in [0.2, 0.25) is 0 Å². The van der Waals surface area contributed by atoms with Crippen LogP contribution < -0.4 is 15.1 Å². The van der Waals surface area contributed by atoms with Gasteiger partial charge < -0.3 is 19.7 Å². The van der Waals surface area contributed by atoms with E-state index >= 15 is 0 Å². The molecule has 2 atom stereocenters. The molecule has 2 aromatic rings. The van der Waals surface area contributed by atoms with E-state index in [1.165, 1.54) is 30.3 Å². The second-order valence-electron chi connectivity index (χ2n) is 6.76. The number of carboxylic acids is 1. The molecule has 28 heavy (non-hydrogen) atoms. The number of amides is 1. The first-order chi connectivity index (χ1) is 13.3. The van der Waals surface area contributed by atoms with Gasteiger partial charge in [0, 0.05) is 29.6 Å². The Bertz CT molecular complexity index is 967.